The smallest absolute Gasteiger partial charge is 0.160 e. The molecule has 0 aromatic carbocycles. The van der Waals surface area contributed by atoms with Gasteiger partial charge in [-0.25, -0.2) is 4.68 Å². The zero-order chi connectivity index (χ0) is 15.8. The van der Waals surface area contributed by atoms with Gasteiger partial charge in [-0.05, 0) is 44.6 Å². The van der Waals surface area contributed by atoms with Gasteiger partial charge in [0, 0.05) is 31.0 Å². The van der Waals surface area contributed by atoms with Crippen LogP contribution in [0.15, 0.2) is 12.3 Å². The van der Waals surface area contributed by atoms with Crippen LogP contribution in [-0.2, 0) is 11.2 Å². The van der Waals surface area contributed by atoms with Crippen LogP contribution in [0.2, 0.25) is 5.15 Å². The molecule has 1 fully saturated rings. The molecular formula is C16H20ClN5O. The van der Waals surface area contributed by atoms with Gasteiger partial charge in [-0.15, -0.1) is 10.2 Å². The highest BCUT2D eigenvalue weighted by Gasteiger charge is 2.25. The number of anilines is 2. The predicted octanol–water partition coefficient (Wildman–Crippen LogP) is 3.42. The molecule has 122 valence electrons. The second-order valence-corrected chi connectivity index (χ2v) is 6.51. The van der Waals surface area contributed by atoms with Gasteiger partial charge >= 0.3 is 0 Å². The number of nitrogens with zero attached hydrogens (tertiary/aromatic N) is 5. The average Bonchev–Trinajstić information content (AvgIpc) is 3.08. The van der Waals surface area contributed by atoms with E-state index >= 15 is 0 Å². The average molecular weight is 334 g/mol. The highest BCUT2D eigenvalue weighted by Crippen LogP contribution is 2.34. The van der Waals surface area contributed by atoms with E-state index in [4.69, 9.17) is 21.4 Å². The van der Waals surface area contributed by atoms with Crippen molar-refractivity contribution in [3.63, 3.8) is 0 Å². The van der Waals surface area contributed by atoms with Gasteiger partial charge in [-0.1, -0.05) is 11.6 Å². The molecule has 1 unspecified atom stereocenters. The molecule has 23 heavy (non-hydrogen) atoms. The number of rotatable bonds is 2. The first kappa shape index (κ1) is 14.9. The fraction of sp³-hybridized carbons (Fsp3) is 0.562. The van der Waals surface area contributed by atoms with E-state index in [1.807, 2.05) is 23.9 Å². The molecule has 1 saturated heterocycles. The van der Waals surface area contributed by atoms with E-state index < -0.39 is 0 Å². The normalized spacial score (nSPS) is 21.3. The molecule has 7 heteroatoms. The Balaban J connectivity index is 1.65. The maximum atomic E-state index is 6.12. The second kappa shape index (κ2) is 6.09. The molecule has 4 rings (SSSR count). The number of halogens is 1. The fourth-order valence-electron chi connectivity index (χ4n) is 3.34. The van der Waals surface area contributed by atoms with Crippen LogP contribution in [0.3, 0.4) is 0 Å². The number of aromatic nitrogens is 4. The van der Waals surface area contributed by atoms with Gasteiger partial charge in [0.15, 0.2) is 16.8 Å². The summed E-state index contributed by atoms with van der Waals surface area (Å²) < 4.78 is 7.74. The molecule has 0 aliphatic carbocycles. The van der Waals surface area contributed by atoms with Crippen LogP contribution in [0, 0.1) is 6.92 Å². The summed E-state index contributed by atoms with van der Waals surface area (Å²) in [5.74, 6) is 1.78. The Morgan fingerprint density at radius 2 is 2.17 bits per heavy atom. The van der Waals surface area contributed by atoms with Crippen molar-refractivity contribution in [3.05, 3.63) is 28.5 Å². The van der Waals surface area contributed by atoms with Crippen LogP contribution in [0.5, 0.6) is 0 Å². The maximum Gasteiger partial charge on any atom is 0.160 e. The van der Waals surface area contributed by atoms with E-state index in [1.54, 1.807) is 0 Å². The molecule has 0 spiro atoms. The second-order valence-electron chi connectivity index (χ2n) is 6.15. The van der Waals surface area contributed by atoms with Gasteiger partial charge in [0.05, 0.1) is 0 Å². The van der Waals surface area contributed by atoms with Gasteiger partial charge in [0.2, 0.25) is 0 Å². The van der Waals surface area contributed by atoms with Gasteiger partial charge in [0.1, 0.15) is 6.23 Å². The lowest BCUT2D eigenvalue weighted by Gasteiger charge is -2.29. The zero-order valence-corrected chi connectivity index (χ0v) is 14.0. The van der Waals surface area contributed by atoms with Crippen LogP contribution in [0.4, 0.5) is 11.6 Å². The van der Waals surface area contributed by atoms with E-state index in [0.717, 1.165) is 56.0 Å². The summed E-state index contributed by atoms with van der Waals surface area (Å²) in [5, 5.41) is 13.6. The molecule has 0 saturated carbocycles. The van der Waals surface area contributed by atoms with E-state index in [2.05, 4.69) is 15.1 Å². The summed E-state index contributed by atoms with van der Waals surface area (Å²) >= 11 is 6.12. The van der Waals surface area contributed by atoms with E-state index in [-0.39, 0.29) is 6.23 Å². The molecule has 0 bridgehead atoms. The van der Waals surface area contributed by atoms with Crippen molar-refractivity contribution < 1.29 is 4.74 Å². The van der Waals surface area contributed by atoms with E-state index in [0.29, 0.717) is 5.15 Å². The summed E-state index contributed by atoms with van der Waals surface area (Å²) in [4.78, 5) is 2.13. The topological polar surface area (TPSA) is 56.1 Å². The van der Waals surface area contributed by atoms with Crippen LogP contribution >= 0.6 is 11.6 Å². The summed E-state index contributed by atoms with van der Waals surface area (Å²) in [5.41, 5.74) is 2.20. The highest BCUT2D eigenvalue weighted by atomic mass is 35.5. The predicted molar refractivity (Wildman–Crippen MR) is 88.2 cm³/mol. The Labute approximate surface area is 140 Å². The zero-order valence-electron chi connectivity index (χ0n) is 13.2. The first-order chi connectivity index (χ1) is 11.2. The van der Waals surface area contributed by atoms with Gasteiger partial charge in [0.25, 0.3) is 0 Å². The van der Waals surface area contributed by atoms with Crippen molar-refractivity contribution in [2.24, 2.45) is 0 Å². The Morgan fingerprint density at radius 1 is 1.26 bits per heavy atom. The number of fused-ring (bicyclic) bond motifs is 1. The Hall–Kier alpha value is -1.66. The largest absolute Gasteiger partial charge is 0.357 e. The highest BCUT2D eigenvalue weighted by molar-refractivity contribution is 6.30. The van der Waals surface area contributed by atoms with Gasteiger partial charge in [-0.3, -0.25) is 0 Å². The number of hydrogen-bond donors (Lipinski definition) is 0. The maximum absolute atomic E-state index is 6.12. The molecule has 0 N–H and O–H groups in total. The third-order valence-corrected chi connectivity index (χ3v) is 5.01. The van der Waals surface area contributed by atoms with Gasteiger partial charge < -0.3 is 9.64 Å². The molecule has 0 amide bonds. The Morgan fingerprint density at radius 3 is 3.00 bits per heavy atom. The summed E-state index contributed by atoms with van der Waals surface area (Å²) in [6.07, 6.45) is 7.44. The quantitative estimate of drug-likeness (QED) is 0.842. The number of hydrogen-bond acceptors (Lipinski definition) is 5. The lowest BCUT2D eigenvalue weighted by atomic mass is 10.0. The molecular weight excluding hydrogens is 314 g/mol. The Kier molecular flexibility index (Phi) is 3.95. The third kappa shape index (κ3) is 2.70. The van der Waals surface area contributed by atoms with E-state index in [1.165, 1.54) is 12.0 Å². The van der Waals surface area contributed by atoms with Crippen molar-refractivity contribution in [1.82, 2.24) is 20.0 Å². The van der Waals surface area contributed by atoms with Crippen LogP contribution in [0.1, 0.15) is 43.0 Å². The molecule has 1 atom stereocenters. The van der Waals surface area contributed by atoms with Crippen LogP contribution in [-0.4, -0.2) is 33.1 Å². The standard InChI is InChI=1S/C16H20ClN5O/c1-11-12-5-4-8-21(16(12)19-18-15(11)17)13-7-9-22(20-13)14-6-2-3-10-23-14/h7,9,14H,2-6,8,10H2,1H3. The fourth-order valence-corrected chi connectivity index (χ4v) is 3.49. The van der Waals surface area contributed by atoms with Crippen molar-refractivity contribution in [2.45, 2.75) is 45.3 Å². The first-order valence-corrected chi connectivity index (χ1v) is 8.58. The van der Waals surface area contributed by atoms with Crippen molar-refractivity contribution in [2.75, 3.05) is 18.1 Å². The Bertz CT molecular complexity index is 710. The lowest BCUT2D eigenvalue weighted by molar-refractivity contribution is -0.0393. The minimum absolute atomic E-state index is 0.0554. The summed E-state index contributed by atoms with van der Waals surface area (Å²) in [6.45, 7) is 3.72. The number of ether oxygens (including phenoxy) is 1. The molecule has 2 aromatic rings. The molecule has 2 aliphatic rings. The molecule has 2 aliphatic heterocycles. The molecule has 2 aromatic heterocycles. The molecule has 6 nitrogen and oxygen atoms in total. The SMILES string of the molecule is Cc1c(Cl)nnc2c1CCCN2c1ccn(C2CCCCO2)n1. The van der Waals surface area contributed by atoms with E-state index in [9.17, 15) is 0 Å². The van der Waals surface area contributed by atoms with Crippen LogP contribution in [0.25, 0.3) is 0 Å². The first-order valence-electron chi connectivity index (χ1n) is 8.20. The van der Waals surface area contributed by atoms with Crippen molar-refractivity contribution >= 4 is 23.2 Å². The third-order valence-electron chi connectivity index (χ3n) is 4.65. The minimum atomic E-state index is 0.0554. The lowest BCUT2D eigenvalue weighted by Crippen LogP contribution is -2.27. The van der Waals surface area contributed by atoms with Gasteiger partial charge in [-0.2, -0.15) is 5.10 Å². The van der Waals surface area contributed by atoms with Crippen LogP contribution < -0.4 is 4.90 Å². The van der Waals surface area contributed by atoms with Crippen molar-refractivity contribution in [3.8, 4) is 0 Å². The summed E-state index contributed by atoms with van der Waals surface area (Å²) in [6, 6.07) is 2.03. The molecule has 0 radical (unpaired) electrons. The molecule has 4 heterocycles. The van der Waals surface area contributed by atoms with Crippen molar-refractivity contribution in [1.29, 1.82) is 0 Å². The summed E-state index contributed by atoms with van der Waals surface area (Å²) in [7, 11) is 0. The minimum Gasteiger partial charge on any atom is -0.357 e. The monoisotopic (exact) mass is 333 g/mol.